The third kappa shape index (κ3) is 1.57. The molecule has 4 heteroatoms. The zero-order valence-electron chi connectivity index (χ0n) is 7.57. The highest BCUT2D eigenvalue weighted by molar-refractivity contribution is 9.09. The molecule has 1 heterocycles. The van der Waals surface area contributed by atoms with Crippen molar-refractivity contribution in [2.45, 2.75) is 30.2 Å². The maximum atomic E-state index is 11.7. The van der Waals surface area contributed by atoms with Gasteiger partial charge in [-0.15, -0.1) is 0 Å². The zero-order valence-corrected chi connectivity index (χ0v) is 9.16. The van der Waals surface area contributed by atoms with Gasteiger partial charge in [-0.1, -0.05) is 15.9 Å². The first kappa shape index (κ1) is 9.72. The van der Waals surface area contributed by atoms with E-state index in [1.165, 1.54) is 6.26 Å². The molecule has 0 radical (unpaired) electrons. The minimum Gasteiger partial charge on any atom is -0.496 e. The van der Waals surface area contributed by atoms with Gasteiger partial charge in [0.2, 0.25) is 0 Å². The first-order valence-corrected chi connectivity index (χ1v) is 5.58. The van der Waals surface area contributed by atoms with Gasteiger partial charge in [0.05, 0.1) is 5.92 Å². The smallest absolute Gasteiger partial charge is 0.183 e. The van der Waals surface area contributed by atoms with E-state index in [0.29, 0.717) is 4.83 Å². The zero-order chi connectivity index (χ0) is 10.1. The number of fused-ring (bicyclic) bond motifs is 1. The predicted octanol–water partition coefficient (Wildman–Crippen LogP) is 1.93. The number of nitriles is 1. The minimum absolute atomic E-state index is 0.0299. The Kier molecular flexibility index (Phi) is 2.60. The van der Waals surface area contributed by atoms with Gasteiger partial charge in [-0.25, -0.2) is 0 Å². The molecule has 2 rings (SSSR count). The highest BCUT2D eigenvalue weighted by atomic mass is 79.9. The first-order valence-electron chi connectivity index (χ1n) is 4.66. The number of hydrogen-bond donors (Lipinski definition) is 0. The predicted molar refractivity (Wildman–Crippen MR) is 53.6 cm³/mol. The number of hydrogen-bond acceptors (Lipinski definition) is 3. The summed E-state index contributed by atoms with van der Waals surface area (Å²) < 4.78 is 5.39. The average Bonchev–Trinajstić information content (AvgIpc) is 2.18. The highest BCUT2D eigenvalue weighted by Crippen LogP contribution is 2.35. The van der Waals surface area contributed by atoms with E-state index in [4.69, 9.17) is 10.00 Å². The number of alkyl halides is 1. The molecule has 0 aromatic heterocycles. The third-order valence-corrected chi connectivity index (χ3v) is 3.64. The monoisotopic (exact) mass is 255 g/mol. The summed E-state index contributed by atoms with van der Waals surface area (Å²) in [6.45, 7) is 0. The molecule has 0 aromatic carbocycles. The second-order valence-electron chi connectivity index (χ2n) is 3.70. The summed E-state index contributed by atoms with van der Waals surface area (Å²) in [5.74, 6) is -0.133. The molecule has 0 bridgehead atoms. The molecule has 0 aromatic rings. The van der Waals surface area contributed by atoms with Crippen molar-refractivity contribution in [1.29, 1.82) is 5.26 Å². The van der Waals surface area contributed by atoms with Crippen molar-refractivity contribution < 1.29 is 9.53 Å². The fourth-order valence-corrected chi connectivity index (χ4v) is 2.66. The van der Waals surface area contributed by atoms with Crippen LogP contribution in [0.1, 0.15) is 19.3 Å². The lowest BCUT2D eigenvalue weighted by molar-refractivity contribution is -0.126. The van der Waals surface area contributed by atoms with Gasteiger partial charge in [-0.3, -0.25) is 4.79 Å². The second-order valence-corrected chi connectivity index (χ2v) is 4.99. The van der Waals surface area contributed by atoms with Crippen molar-refractivity contribution >= 4 is 21.7 Å². The van der Waals surface area contributed by atoms with E-state index in [1.807, 2.05) is 6.07 Å². The standard InChI is InChI=1S/C10H10BrNO2/c11-7-1-2-8-9(3-7)14-5-6(4-12)10(8)13/h5,7-9H,1-3H2. The van der Waals surface area contributed by atoms with E-state index in [9.17, 15) is 4.79 Å². The maximum absolute atomic E-state index is 11.7. The van der Waals surface area contributed by atoms with Crippen LogP contribution in [0.15, 0.2) is 11.8 Å². The topological polar surface area (TPSA) is 50.1 Å². The normalized spacial score (nSPS) is 36.4. The number of nitrogens with zero attached hydrogens (tertiary/aromatic N) is 1. The number of rotatable bonds is 0. The van der Waals surface area contributed by atoms with Crippen LogP contribution >= 0.6 is 15.9 Å². The molecule has 0 N–H and O–H groups in total. The third-order valence-electron chi connectivity index (χ3n) is 2.81. The number of ketones is 1. The van der Waals surface area contributed by atoms with E-state index in [0.717, 1.165) is 19.3 Å². The molecule has 3 nitrogen and oxygen atoms in total. The lowest BCUT2D eigenvalue weighted by atomic mass is 9.80. The lowest BCUT2D eigenvalue weighted by Crippen LogP contribution is -2.39. The minimum atomic E-state index is -0.0940. The summed E-state index contributed by atoms with van der Waals surface area (Å²) >= 11 is 3.53. The van der Waals surface area contributed by atoms with Gasteiger partial charge >= 0.3 is 0 Å². The molecule has 0 amide bonds. The second kappa shape index (κ2) is 3.74. The summed E-state index contributed by atoms with van der Waals surface area (Å²) in [6, 6.07) is 1.87. The van der Waals surface area contributed by atoms with Gasteiger partial charge in [0.15, 0.2) is 5.78 Å². The molecule has 3 atom stereocenters. The Morgan fingerprint density at radius 1 is 1.57 bits per heavy atom. The highest BCUT2D eigenvalue weighted by Gasteiger charge is 2.39. The average molecular weight is 256 g/mol. The molecule has 0 spiro atoms. The van der Waals surface area contributed by atoms with Crippen molar-refractivity contribution in [3.05, 3.63) is 11.8 Å². The van der Waals surface area contributed by atoms with Crippen LogP contribution < -0.4 is 0 Å². The van der Waals surface area contributed by atoms with Gasteiger partial charge in [0, 0.05) is 4.83 Å². The van der Waals surface area contributed by atoms with Crippen LogP contribution in [-0.2, 0) is 9.53 Å². The van der Waals surface area contributed by atoms with Crippen LogP contribution in [-0.4, -0.2) is 16.7 Å². The molecule has 0 saturated heterocycles. The van der Waals surface area contributed by atoms with Gasteiger partial charge in [-0.2, -0.15) is 5.26 Å². The van der Waals surface area contributed by atoms with Crippen molar-refractivity contribution in [1.82, 2.24) is 0 Å². The molecule has 2 aliphatic rings. The molecule has 1 aliphatic carbocycles. The first-order chi connectivity index (χ1) is 6.72. The summed E-state index contributed by atoms with van der Waals surface area (Å²) in [5, 5.41) is 8.68. The van der Waals surface area contributed by atoms with Crippen molar-refractivity contribution in [2.75, 3.05) is 0 Å². The largest absolute Gasteiger partial charge is 0.496 e. The molecule has 14 heavy (non-hydrogen) atoms. The Balaban J connectivity index is 2.19. The van der Waals surface area contributed by atoms with Crippen LogP contribution in [0, 0.1) is 17.2 Å². The summed E-state index contributed by atoms with van der Waals surface area (Å²) in [6.07, 6.45) is 3.94. The van der Waals surface area contributed by atoms with Crippen molar-refractivity contribution in [2.24, 2.45) is 5.92 Å². The molecule has 1 saturated carbocycles. The van der Waals surface area contributed by atoms with Crippen LogP contribution in [0.2, 0.25) is 0 Å². The van der Waals surface area contributed by atoms with Gasteiger partial charge in [-0.05, 0) is 19.3 Å². The van der Waals surface area contributed by atoms with Crippen molar-refractivity contribution in [3.63, 3.8) is 0 Å². The molecular formula is C10H10BrNO2. The Bertz CT molecular complexity index is 332. The van der Waals surface area contributed by atoms with E-state index in [2.05, 4.69) is 15.9 Å². The van der Waals surface area contributed by atoms with Gasteiger partial charge in [0.1, 0.15) is 24.0 Å². The Morgan fingerprint density at radius 3 is 3.07 bits per heavy atom. The Morgan fingerprint density at radius 2 is 2.36 bits per heavy atom. The van der Waals surface area contributed by atoms with Crippen LogP contribution in [0.3, 0.4) is 0 Å². The number of ether oxygens (including phenoxy) is 1. The van der Waals surface area contributed by atoms with E-state index < -0.39 is 0 Å². The number of halogens is 1. The Labute approximate surface area is 90.9 Å². The molecular weight excluding hydrogens is 246 g/mol. The summed E-state index contributed by atoms with van der Waals surface area (Å²) in [4.78, 5) is 12.1. The summed E-state index contributed by atoms with van der Waals surface area (Å²) in [5.41, 5.74) is 0.166. The number of Topliss-reactive ketones (excluding diaryl/α,β-unsaturated/α-hetero) is 1. The number of carbonyl (C=O) groups is 1. The van der Waals surface area contributed by atoms with Crippen LogP contribution in [0.5, 0.6) is 0 Å². The van der Waals surface area contributed by atoms with Crippen molar-refractivity contribution in [3.8, 4) is 6.07 Å². The van der Waals surface area contributed by atoms with E-state index in [1.54, 1.807) is 0 Å². The van der Waals surface area contributed by atoms with E-state index in [-0.39, 0.29) is 23.4 Å². The molecule has 3 unspecified atom stereocenters. The summed E-state index contributed by atoms with van der Waals surface area (Å²) in [7, 11) is 0. The van der Waals surface area contributed by atoms with Crippen LogP contribution in [0.25, 0.3) is 0 Å². The molecule has 74 valence electrons. The van der Waals surface area contributed by atoms with Gasteiger partial charge in [0.25, 0.3) is 0 Å². The fraction of sp³-hybridized carbons (Fsp3) is 0.600. The lowest BCUT2D eigenvalue weighted by Gasteiger charge is -2.34. The Hall–Kier alpha value is -0.820. The molecule has 1 aliphatic heterocycles. The van der Waals surface area contributed by atoms with Crippen LogP contribution in [0.4, 0.5) is 0 Å². The number of carbonyl (C=O) groups excluding carboxylic acids is 1. The van der Waals surface area contributed by atoms with Gasteiger partial charge < -0.3 is 4.74 Å². The molecule has 1 fully saturated rings. The van der Waals surface area contributed by atoms with E-state index >= 15 is 0 Å². The number of allylic oxidation sites excluding steroid dienone is 1. The SMILES string of the molecule is N#CC1=COC2CC(Br)CCC2C1=O. The fourth-order valence-electron chi connectivity index (χ4n) is 2.03. The maximum Gasteiger partial charge on any atom is 0.183 e. The quantitative estimate of drug-likeness (QED) is 0.622.